The fourth-order valence-corrected chi connectivity index (χ4v) is 8.20. The lowest BCUT2D eigenvalue weighted by Crippen LogP contribution is -2.39. The molecule has 12 nitrogen and oxygen atoms in total. The third-order valence-electron chi connectivity index (χ3n) is 9.76. The summed E-state index contributed by atoms with van der Waals surface area (Å²) in [5.74, 6) is -0.321. The van der Waals surface area contributed by atoms with E-state index >= 15 is 0 Å². The number of carbonyl (C=O) groups excluding carboxylic acids is 2. The molecule has 2 fully saturated rings. The monoisotopic (exact) mass is 777 g/mol. The number of sulfone groups is 1. The van der Waals surface area contributed by atoms with Crippen LogP contribution in [0.3, 0.4) is 0 Å². The smallest absolute Gasteiger partial charge is 0.235 e. The Morgan fingerprint density at radius 2 is 1.74 bits per heavy atom. The predicted molar refractivity (Wildman–Crippen MR) is 206 cm³/mol. The maximum atomic E-state index is 14.9. The van der Waals surface area contributed by atoms with Crippen LogP contribution >= 0.6 is 11.6 Å². The van der Waals surface area contributed by atoms with Gasteiger partial charge in [-0.15, -0.1) is 0 Å². The fourth-order valence-electron chi connectivity index (χ4n) is 6.86. The minimum Gasteiger partial charge on any atom is -0.489 e. The molecule has 4 heterocycles. The lowest BCUT2D eigenvalue weighted by molar-refractivity contribution is -0.134. The molecule has 2 aliphatic heterocycles. The van der Waals surface area contributed by atoms with Crippen molar-refractivity contribution in [3.8, 4) is 5.75 Å². The maximum absolute atomic E-state index is 14.9. The van der Waals surface area contributed by atoms with Crippen LogP contribution in [0.4, 0.5) is 27.5 Å². The van der Waals surface area contributed by atoms with Crippen molar-refractivity contribution >= 4 is 56.4 Å². The number of halogens is 2. The third kappa shape index (κ3) is 8.82. The Hall–Kier alpha value is -4.66. The molecule has 2 saturated heterocycles. The second kappa shape index (κ2) is 16.4. The summed E-state index contributed by atoms with van der Waals surface area (Å²) >= 11 is 6.48. The number of benzene rings is 2. The van der Waals surface area contributed by atoms with E-state index in [0.717, 1.165) is 37.1 Å². The molecule has 0 spiro atoms. The summed E-state index contributed by atoms with van der Waals surface area (Å²) in [7, 11) is -3.58. The summed E-state index contributed by atoms with van der Waals surface area (Å²) in [6.07, 6.45) is 4.79. The standard InChI is InChI=1S/C39H45ClFN7O5S/c1-22(2)53-34-18-28(25-12-14-48(15-13-25)21-26-17-32(42-20-30(26)41)27-10-11-36(49)46-38(27)50)24(5)16-33(34)45-39-43-19-29(40)37(47-39)44-31-8-6-7-9-35(31)54(51,52)23(3)4/h6-9,16-20,22-23,25,27H,10-15,21H2,1-5H3,(H,46,49,50)(H2,43,44,45,47). The van der Waals surface area contributed by atoms with Crippen molar-refractivity contribution in [1.29, 1.82) is 0 Å². The van der Waals surface area contributed by atoms with Gasteiger partial charge >= 0.3 is 0 Å². The van der Waals surface area contributed by atoms with Gasteiger partial charge in [0.25, 0.3) is 0 Å². The number of ether oxygens (including phenoxy) is 1. The molecule has 54 heavy (non-hydrogen) atoms. The van der Waals surface area contributed by atoms with E-state index in [-0.39, 0.29) is 46.0 Å². The van der Waals surface area contributed by atoms with Crippen molar-refractivity contribution in [2.24, 2.45) is 0 Å². The van der Waals surface area contributed by atoms with Crippen molar-refractivity contribution in [2.45, 2.75) is 94.9 Å². The normalized spacial score (nSPS) is 17.2. The molecule has 0 bridgehead atoms. The zero-order valence-electron chi connectivity index (χ0n) is 30.9. The van der Waals surface area contributed by atoms with E-state index in [2.05, 4.69) is 48.8 Å². The highest BCUT2D eigenvalue weighted by Gasteiger charge is 2.30. The van der Waals surface area contributed by atoms with Crippen LogP contribution in [0.2, 0.25) is 5.02 Å². The van der Waals surface area contributed by atoms with E-state index < -0.39 is 32.7 Å². The molecule has 15 heteroatoms. The molecule has 6 rings (SSSR count). The Bertz CT molecular complexity index is 2160. The minimum absolute atomic E-state index is 0.119. The van der Waals surface area contributed by atoms with E-state index in [4.69, 9.17) is 16.3 Å². The first-order valence-corrected chi connectivity index (χ1v) is 20.0. The lowest BCUT2D eigenvalue weighted by Gasteiger charge is -2.33. The number of imide groups is 1. The van der Waals surface area contributed by atoms with E-state index in [1.165, 1.54) is 12.4 Å². The van der Waals surface area contributed by atoms with Gasteiger partial charge in [0, 0.05) is 18.5 Å². The van der Waals surface area contributed by atoms with Gasteiger partial charge in [-0.25, -0.2) is 17.8 Å². The molecular formula is C39H45ClFN7O5S. The molecule has 3 N–H and O–H groups in total. The molecule has 2 aromatic carbocycles. The van der Waals surface area contributed by atoms with Crippen molar-refractivity contribution < 1.29 is 27.1 Å². The van der Waals surface area contributed by atoms with Gasteiger partial charge in [0.2, 0.25) is 17.8 Å². The van der Waals surface area contributed by atoms with Crippen LogP contribution in [-0.2, 0) is 26.0 Å². The van der Waals surface area contributed by atoms with Crippen LogP contribution in [0.15, 0.2) is 59.8 Å². The first-order chi connectivity index (χ1) is 25.7. The summed E-state index contributed by atoms with van der Waals surface area (Å²) in [5.41, 5.74) is 4.20. The Balaban J connectivity index is 1.17. The number of piperidine rings is 2. The van der Waals surface area contributed by atoms with Crippen LogP contribution in [0.1, 0.15) is 87.6 Å². The number of aryl methyl sites for hydroxylation is 1. The highest BCUT2D eigenvalue weighted by atomic mass is 35.5. The Labute approximate surface area is 320 Å². The summed E-state index contributed by atoms with van der Waals surface area (Å²) in [6.45, 7) is 11.1. The number of hydrogen-bond donors (Lipinski definition) is 3. The number of aromatic nitrogens is 3. The van der Waals surface area contributed by atoms with Crippen LogP contribution in [0.5, 0.6) is 5.75 Å². The van der Waals surface area contributed by atoms with E-state index in [0.29, 0.717) is 41.3 Å². The van der Waals surface area contributed by atoms with Gasteiger partial charge in [0.15, 0.2) is 15.7 Å². The molecule has 4 aromatic rings. The summed E-state index contributed by atoms with van der Waals surface area (Å²) in [6, 6.07) is 12.4. The number of para-hydroxylation sites is 1. The lowest BCUT2D eigenvalue weighted by atomic mass is 9.86. The Morgan fingerprint density at radius 1 is 1.00 bits per heavy atom. The van der Waals surface area contributed by atoms with Gasteiger partial charge in [0.1, 0.15) is 16.6 Å². The Morgan fingerprint density at radius 3 is 2.44 bits per heavy atom. The first kappa shape index (κ1) is 39.0. The van der Waals surface area contributed by atoms with Crippen molar-refractivity contribution in [1.82, 2.24) is 25.2 Å². The van der Waals surface area contributed by atoms with Gasteiger partial charge in [-0.3, -0.25) is 24.8 Å². The van der Waals surface area contributed by atoms with Crippen molar-refractivity contribution in [2.75, 3.05) is 23.7 Å². The number of rotatable bonds is 12. The van der Waals surface area contributed by atoms with E-state index in [9.17, 15) is 22.4 Å². The van der Waals surface area contributed by atoms with E-state index in [1.807, 2.05) is 19.9 Å². The highest BCUT2D eigenvalue weighted by Crippen LogP contribution is 2.39. The molecule has 286 valence electrons. The van der Waals surface area contributed by atoms with Gasteiger partial charge in [-0.1, -0.05) is 23.7 Å². The summed E-state index contributed by atoms with van der Waals surface area (Å²) in [5, 5.41) is 8.33. The Kier molecular flexibility index (Phi) is 11.8. The maximum Gasteiger partial charge on any atom is 0.235 e. The molecule has 0 aliphatic carbocycles. The number of nitrogens with zero attached hydrogens (tertiary/aromatic N) is 4. The number of pyridine rings is 1. The zero-order chi connectivity index (χ0) is 38.7. The topological polar surface area (TPSA) is 156 Å². The van der Waals surface area contributed by atoms with Gasteiger partial charge in [-0.05, 0) is 114 Å². The van der Waals surface area contributed by atoms with E-state index in [1.54, 1.807) is 44.2 Å². The number of likely N-dealkylation sites (tertiary alicyclic amines) is 1. The number of anilines is 4. The van der Waals surface area contributed by atoms with Crippen LogP contribution in [-0.4, -0.2) is 64.5 Å². The average molecular weight is 778 g/mol. The molecule has 1 unspecified atom stereocenters. The third-order valence-corrected chi connectivity index (χ3v) is 12.2. The SMILES string of the molecule is Cc1cc(Nc2ncc(Cl)c(Nc3ccccc3S(=O)(=O)C(C)C)n2)c(OC(C)C)cc1C1CCN(Cc2cc(C3CCC(=O)NC3=O)ncc2F)CC1. The van der Waals surface area contributed by atoms with Crippen LogP contribution < -0.4 is 20.7 Å². The number of amides is 2. The predicted octanol–water partition coefficient (Wildman–Crippen LogP) is 7.33. The quantitative estimate of drug-likeness (QED) is 0.124. The molecule has 1 atom stereocenters. The van der Waals surface area contributed by atoms with Crippen LogP contribution in [0, 0.1) is 12.7 Å². The van der Waals surface area contributed by atoms with Crippen molar-refractivity contribution in [3.05, 3.63) is 88.1 Å². The minimum atomic E-state index is -3.58. The average Bonchev–Trinajstić information content (AvgIpc) is 3.12. The second-order valence-corrected chi connectivity index (χ2v) is 17.2. The number of hydrogen-bond acceptors (Lipinski definition) is 11. The molecule has 2 aromatic heterocycles. The molecule has 2 amide bonds. The summed E-state index contributed by atoms with van der Waals surface area (Å²) < 4.78 is 47.3. The first-order valence-electron chi connectivity index (χ1n) is 18.1. The van der Waals surface area contributed by atoms with Crippen LogP contribution in [0.25, 0.3) is 0 Å². The molecular weight excluding hydrogens is 733 g/mol. The van der Waals surface area contributed by atoms with Gasteiger partial charge in [-0.2, -0.15) is 4.98 Å². The molecule has 0 radical (unpaired) electrons. The fraction of sp³-hybridized carbons (Fsp3) is 0.410. The molecule has 2 aliphatic rings. The number of nitrogens with one attached hydrogen (secondary N) is 3. The summed E-state index contributed by atoms with van der Waals surface area (Å²) in [4.78, 5) is 39.5. The van der Waals surface area contributed by atoms with Gasteiger partial charge in [0.05, 0.1) is 51.6 Å². The molecule has 0 saturated carbocycles. The second-order valence-electron chi connectivity index (χ2n) is 14.4. The zero-order valence-corrected chi connectivity index (χ0v) is 32.5. The number of carbonyl (C=O) groups is 2. The van der Waals surface area contributed by atoms with Crippen molar-refractivity contribution in [3.63, 3.8) is 0 Å². The largest absolute Gasteiger partial charge is 0.489 e. The highest BCUT2D eigenvalue weighted by molar-refractivity contribution is 7.92. The van der Waals surface area contributed by atoms with Gasteiger partial charge < -0.3 is 15.4 Å².